The molecular formula is C12H17ClO. The summed E-state index contributed by atoms with van der Waals surface area (Å²) in [5.74, 6) is 0.207. The molecule has 14 heavy (non-hydrogen) atoms. The van der Waals surface area contributed by atoms with E-state index in [1.807, 2.05) is 31.2 Å². The van der Waals surface area contributed by atoms with E-state index in [9.17, 15) is 5.11 Å². The molecule has 0 radical (unpaired) electrons. The number of aliphatic hydroxyl groups is 1. The maximum Gasteiger partial charge on any atom is 0.0606 e. The van der Waals surface area contributed by atoms with E-state index in [2.05, 4.69) is 6.92 Å². The van der Waals surface area contributed by atoms with Gasteiger partial charge in [-0.1, -0.05) is 37.6 Å². The van der Waals surface area contributed by atoms with E-state index in [0.29, 0.717) is 0 Å². The average molecular weight is 213 g/mol. The first-order valence-corrected chi connectivity index (χ1v) is 5.50. The van der Waals surface area contributed by atoms with Crippen LogP contribution in [0.2, 0.25) is 5.02 Å². The van der Waals surface area contributed by atoms with Crippen LogP contribution >= 0.6 is 11.6 Å². The summed E-state index contributed by atoms with van der Waals surface area (Å²) >= 11 is 5.91. The van der Waals surface area contributed by atoms with Crippen LogP contribution in [-0.4, -0.2) is 11.2 Å². The minimum atomic E-state index is -0.265. The predicted octanol–water partition coefficient (Wildman–Crippen LogP) is 3.60. The van der Waals surface area contributed by atoms with Crippen molar-refractivity contribution < 1.29 is 5.11 Å². The SMILES string of the molecule is CCC(O)C(CC)c1cccc(Cl)c1. The molecule has 2 heteroatoms. The van der Waals surface area contributed by atoms with Gasteiger partial charge in [-0.25, -0.2) is 0 Å². The van der Waals surface area contributed by atoms with Gasteiger partial charge in [0.1, 0.15) is 0 Å². The van der Waals surface area contributed by atoms with E-state index < -0.39 is 0 Å². The molecule has 0 bridgehead atoms. The molecule has 0 saturated heterocycles. The third-order valence-electron chi connectivity index (χ3n) is 2.60. The fourth-order valence-corrected chi connectivity index (χ4v) is 1.95. The van der Waals surface area contributed by atoms with E-state index in [1.54, 1.807) is 0 Å². The molecule has 0 aliphatic carbocycles. The number of aliphatic hydroxyl groups excluding tert-OH is 1. The van der Waals surface area contributed by atoms with Crippen LogP contribution in [0.1, 0.15) is 38.2 Å². The van der Waals surface area contributed by atoms with Crippen molar-refractivity contribution in [3.63, 3.8) is 0 Å². The van der Waals surface area contributed by atoms with Crippen molar-refractivity contribution in [1.82, 2.24) is 0 Å². The van der Waals surface area contributed by atoms with Gasteiger partial charge in [-0.05, 0) is 30.5 Å². The summed E-state index contributed by atoms with van der Waals surface area (Å²) in [6.07, 6.45) is 1.46. The summed E-state index contributed by atoms with van der Waals surface area (Å²) in [5.41, 5.74) is 1.13. The molecule has 0 aromatic heterocycles. The van der Waals surface area contributed by atoms with Crippen molar-refractivity contribution in [1.29, 1.82) is 0 Å². The lowest BCUT2D eigenvalue weighted by atomic mass is 9.90. The Morgan fingerprint density at radius 2 is 2.00 bits per heavy atom. The Hall–Kier alpha value is -0.530. The third-order valence-corrected chi connectivity index (χ3v) is 2.83. The lowest BCUT2D eigenvalue weighted by molar-refractivity contribution is 0.136. The third kappa shape index (κ3) is 2.73. The molecule has 2 unspecified atom stereocenters. The fourth-order valence-electron chi connectivity index (χ4n) is 1.75. The van der Waals surface area contributed by atoms with E-state index in [0.717, 1.165) is 23.4 Å². The standard InChI is InChI=1S/C12H17ClO/c1-3-11(12(14)4-2)9-6-5-7-10(13)8-9/h5-8,11-12,14H,3-4H2,1-2H3. The molecule has 0 aliphatic heterocycles. The van der Waals surface area contributed by atoms with Gasteiger partial charge >= 0.3 is 0 Å². The molecule has 1 N–H and O–H groups in total. The van der Waals surface area contributed by atoms with Gasteiger partial charge in [0, 0.05) is 10.9 Å². The molecule has 1 aromatic rings. The first kappa shape index (κ1) is 11.5. The molecule has 0 aliphatic rings. The normalized spacial score (nSPS) is 15.1. The lowest BCUT2D eigenvalue weighted by Crippen LogP contribution is -2.16. The van der Waals surface area contributed by atoms with Crippen LogP contribution in [0, 0.1) is 0 Å². The first-order chi connectivity index (χ1) is 6.69. The van der Waals surface area contributed by atoms with Gasteiger partial charge < -0.3 is 5.11 Å². The molecule has 0 amide bonds. The second-order valence-corrected chi connectivity index (χ2v) is 3.98. The highest BCUT2D eigenvalue weighted by Crippen LogP contribution is 2.26. The molecule has 0 spiro atoms. The van der Waals surface area contributed by atoms with Crippen molar-refractivity contribution in [2.75, 3.05) is 0 Å². The zero-order valence-corrected chi connectivity index (χ0v) is 9.46. The van der Waals surface area contributed by atoms with E-state index in [4.69, 9.17) is 11.6 Å². The topological polar surface area (TPSA) is 20.2 Å². The molecule has 2 atom stereocenters. The van der Waals surface area contributed by atoms with Gasteiger partial charge in [-0.15, -0.1) is 0 Å². The summed E-state index contributed by atoms with van der Waals surface area (Å²) in [7, 11) is 0. The number of rotatable bonds is 4. The summed E-state index contributed by atoms with van der Waals surface area (Å²) in [5, 5.41) is 10.6. The number of hydrogen-bond donors (Lipinski definition) is 1. The molecule has 0 saturated carbocycles. The quantitative estimate of drug-likeness (QED) is 0.809. The van der Waals surface area contributed by atoms with Crippen LogP contribution in [0.15, 0.2) is 24.3 Å². The Morgan fingerprint density at radius 1 is 1.29 bits per heavy atom. The van der Waals surface area contributed by atoms with Crippen molar-refractivity contribution in [3.8, 4) is 0 Å². The van der Waals surface area contributed by atoms with E-state index in [-0.39, 0.29) is 12.0 Å². The summed E-state index contributed by atoms with van der Waals surface area (Å²) < 4.78 is 0. The molecule has 0 heterocycles. The van der Waals surface area contributed by atoms with Gasteiger partial charge in [0.2, 0.25) is 0 Å². The minimum Gasteiger partial charge on any atom is -0.393 e. The maximum atomic E-state index is 9.82. The number of benzene rings is 1. The first-order valence-electron chi connectivity index (χ1n) is 5.12. The molecule has 0 fully saturated rings. The molecule has 1 aromatic carbocycles. The van der Waals surface area contributed by atoms with Crippen molar-refractivity contribution >= 4 is 11.6 Å². The lowest BCUT2D eigenvalue weighted by Gasteiger charge is -2.20. The molecule has 78 valence electrons. The Balaban J connectivity index is 2.89. The average Bonchev–Trinajstić information content (AvgIpc) is 2.19. The largest absolute Gasteiger partial charge is 0.393 e. The number of halogens is 1. The zero-order valence-electron chi connectivity index (χ0n) is 8.70. The predicted molar refractivity (Wildman–Crippen MR) is 60.8 cm³/mol. The van der Waals surface area contributed by atoms with Crippen molar-refractivity contribution in [2.45, 2.75) is 38.7 Å². The summed E-state index contributed by atoms with van der Waals surface area (Å²) in [6.45, 7) is 4.09. The highest BCUT2D eigenvalue weighted by Gasteiger charge is 2.17. The Morgan fingerprint density at radius 3 is 2.50 bits per heavy atom. The zero-order chi connectivity index (χ0) is 10.6. The summed E-state index contributed by atoms with van der Waals surface area (Å²) in [6, 6.07) is 7.76. The van der Waals surface area contributed by atoms with E-state index in [1.165, 1.54) is 0 Å². The Bertz CT molecular complexity index is 285. The number of hydrogen-bond acceptors (Lipinski definition) is 1. The van der Waals surface area contributed by atoms with Gasteiger partial charge in [0.25, 0.3) is 0 Å². The van der Waals surface area contributed by atoms with Crippen LogP contribution in [0.25, 0.3) is 0 Å². The molecule has 1 rings (SSSR count). The van der Waals surface area contributed by atoms with Gasteiger partial charge in [-0.3, -0.25) is 0 Å². The van der Waals surface area contributed by atoms with Gasteiger partial charge in [0.15, 0.2) is 0 Å². The Labute approximate surface area is 90.7 Å². The minimum absolute atomic E-state index is 0.207. The van der Waals surface area contributed by atoms with Gasteiger partial charge in [0.05, 0.1) is 6.10 Å². The van der Waals surface area contributed by atoms with Crippen LogP contribution in [-0.2, 0) is 0 Å². The second kappa shape index (κ2) is 5.38. The van der Waals surface area contributed by atoms with E-state index >= 15 is 0 Å². The second-order valence-electron chi connectivity index (χ2n) is 3.55. The van der Waals surface area contributed by atoms with Crippen LogP contribution in [0.5, 0.6) is 0 Å². The van der Waals surface area contributed by atoms with Gasteiger partial charge in [-0.2, -0.15) is 0 Å². The highest BCUT2D eigenvalue weighted by atomic mass is 35.5. The molecule has 1 nitrogen and oxygen atoms in total. The van der Waals surface area contributed by atoms with Crippen molar-refractivity contribution in [3.05, 3.63) is 34.9 Å². The van der Waals surface area contributed by atoms with Crippen LogP contribution < -0.4 is 0 Å². The van der Waals surface area contributed by atoms with Crippen LogP contribution in [0.4, 0.5) is 0 Å². The van der Waals surface area contributed by atoms with Crippen LogP contribution in [0.3, 0.4) is 0 Å². The highest BCUT2D eigenvalue weighted by molar-refractivity contribution is 6.30. The summed E-state index contributed by atoms with van der Waals surface area (Å²) in [4.78, 5) is 0. The smallest absolute Gasteiger partial charge is 0.0606 e. The molecular weight excluding hydrogens is 196 g/mol. The maximum absolute atomic E-state index is 9.82. The van der Waals surface area contributed by atoms with Crippen molar-refractivity contribution in [2.24, 2.45) is 0 Å². The Kier molecular flexibility index (Phi) is 4.43. The monoisotopic (exact) mass is 212 g/mol. The fraction of sp³-hybridized carbons (Fsp3) is 0.500.